The van der Waals surface area contributed by atoms with E-state index in [9.17, 15) is 5.21 Å². The molecular weight excluding hydrogens is 126 g/mol. The number of para-hydroxylation sites is 1. The van der Waals surface area contributed by atoms with Gasteiger partial charge >= 0.3 is 0 Å². The lowest BCUT2D eigenvalue weighted by molar-refractivity contribution is 0.166. The van der Waals surface area contributed by atoms with Crippen molar-refractivity contribution in [3.63, 3.8) is 0 Å². The van der Waals surface area contributed by atoms with Crippen LogP contribution in [0.1, 0.15) is 5.56 Å². The smallest absolute Gasteiger partial charge is 0.0700 e. The Hall–Kier alpha value is -1.02. The van der Waals surface area contributed by atoms with Crippen LogP contribution in [0.4, 0.5) is 5.69 Å². The molecule has 2 nitrogen and oxygen atoms in total. The Morgan fingerprint density at radius 3 is 2.90 bits per heavy atom. The standard InChI is InChI=1S/C8H8NO/c10-9-6-5-7-3-1-2-4-8(7)9/h1-4H,5-6H2. The van der Waals surface area contributed by atoms with Crippen LogP contribution in [0.2, 0.25) is 0 Å². The number of rotatable bonds is 0. The van der Waals surface area contributed by atoms with Crippen LogP contribution in [0.3, 0.4) is 0 Å². The first-order valence-electron chi connectivity index (χ1n) is 3.40. The van der Waals surface area contributed by atoms with Gasteiger partial charge in [0.2, 0.25) is 0 Å². The van der Waals surface area contributed by atoms with Crippen LogP contribution < -0.4 is 5.06 Å². The van der Waals surface area contributed by atoms with Gasteiger partial charge in [-0.25, -0.2) is 5.06 Å². The minimum Gasteiger partial charge on any atom is -0.220 e. The third kappa shape index (κ3) is 0.693. The molecule has 1 heterocycles. The van der Waals surface area contributed by atoms with E-state index in [4.69, 9.17) is 0 Å². The minimum atomic E-state index is 0.624. The Balaban J connectivity index is 2.51. The molecule has 0 atom stereocenters. The van der Waals surface area contributed by atoms with Crippen LogP contribution in [-0.2, 0) is 11.6 Å². The normalized spacial score (nSPS) is 15.5. The first-order valence-corrected chi connectivity index (χ1v) is 3.40. The van der Waals surface area contributed by atoms with Crippen LogP contribution in [-0.4, -0.2) is 6.54 Å². The second kappa shape index (κ2) is 1.99. The van der Waals surface area contributed by atoms with E-state index in [-0.39, 0.29) is 0 Å². The molecule has 0 fully saturated rings. The Labute approximate surface area is 59.7 Å². The predicted molar refractivity (Wildman–Crippen MR) is 38.2 cm³/mol. The zero-order valence-electron chi connectivity index (χ0n) is 5.58. The maximum Gasteiger partial charge on any atom is 0.0700 e. The van der Waals surface area contributed by atoms with Crippen molar-refractivity contribution in [1.29, 1.82) is 0 Å². The molecule has 0 amide bonds. The number of anilines is 1. The van der Waals surface area contributed by atoms with Crippen molar-refractivity contribution in [2.24, 2.45) is 0 Å². The molecule has 0 aromatic heterocycles. The minimum absolute atomic E-state index is 0.624. The third-order valence-corrected chi connectivity index (χ3v) is 1.84. The van der Waals surface area contributed by atoms with E-state index >= 15 is 0 Å². The number of hydroxylamine groups is 1. The van der Waals surface area contributed by atoms with Gasteiger partial charge in [0.15, 0.2) is 0 Å². The quantitative estimate of drug-likeness (QED) is 0.526. The second-order valence-corrected chi connectivity index (χ2v) is 2.48. The van der Waals surface area contributed by atoms with E-state index in [0.717, 1.165) is 17.2 Å². The van der Waals surface area contributed by atoms with Crippen molar-refractivity contribution in [2.75, 3.05) is 11.6 Å². The maximum atomic E-state index is 11.0. The zero-order chi connectivity index (χ0) is 6.97. The fourth-order valence-electron chi connectivity index (χ4n) is 1.31. The Morgan fingerprint density at radius 2 is 2.10 bits per heavy atom. The number of benzene rings is 1. The average Bonchev–Trinajstić information content (AvgIpc) is 2.34. The van der Waals surface area contributed by atoms with Gasteiger partial charge in [-0.05, 0) is 18.1 Å². The van der Waals surface area contributed by atoms with Gasteiger partial charge in [-0.15, -0.1) is 0 Å². The van der Waals surface area contributed by atoms with Crippen molar-refractivity contribution in [1.82, 2.24) is 0 Å². The van der Waals surface area contributed by atoms with Crippen molar-refractivity contribution in [3.05, 3.63) is 29.8 Å². The summed E-state index contributed by atoms with van der Waals surface area (Å²) in [5.41, 5.74) is 2.03. The molecule has 0 saturated heterocycles. The highest BCUT2D eigenvalue weighted by Gasteiger charge is 2.16. The van der Waals surface area contributed by atoms with E-state index in [1.54, 1.807) is 0 Å². The van der Waals surface area contributed by atoms with E-state index in [1.807, 2.05) is 24.3 Å². The van der Waals surface area contributed by atoms with Crippen LogP contribution in [0.25, 0.3) is 0 Å². The van der Waals surface area contributed by atoms with Crippen LogP contribution >= 0.6 is 0 Å². The average molecular weight is 134 g/mol. The second-order valence-electron chi connectivity index (χ2n) is 2.48. The molecule has 1 aliphatic heterocycles. The van der Waals surface area contributed by atoms with E-state index in [2.05, 4.69) is 0 Å². The van der Waals surface area contributed by atoms with Crippen molar-refractivity contribution in [3.8, 4) is 0 Å². The highest BCUT2D eigenvalue weighted by molar-refractivity contribution is 5.55. The van der Waals surface area contributed by atoms with Gasteiger partial charge in [0.25, 0.3) is 0 Å². The summed E-state index contributed by atoms with van der Waals surface area (Å²) in [6.07, 6.45) is 0.902. The molecule has 0 spiro atoms. The van der Waals surface area contributed by atoms with Gasteiger partial charge in [-0.3, -0.25) is 0 Å². The first kappa shape index (κ1) is 5.74. The largest absolute Gasteiger partial charge is 0.220 e. The first-order chi connectivity index (χ1) is 4.88. The molecular formula is C8H8NO. The molecule has 10 heavy (non-hydrogen) atoms. The molecule has 51 valence electrons. The molecule has 0 unspecified atom stereocenters. The van der Waals surface area contributed by atoms with Crippen LogP contribution in [0.15, 0.2) is 24.3 Å². The van der Waals surface area contributed by atoms with Crippen molar-refractivity contribution >= 4 is 5.69 Å². The third-order valence-electron chi connectivity index (χ3n) is 1.84. The summed E-state index contributed by atoms with van der Waals surface area (Å²) in [6, 6.07) is 7.75. The van der Waals surface area contributed by atoms with Gasteiger partial charge < -0.3 is 0 Å². The lowest BCUT2D eigenvalue weighted by Crippen LogP contribution is -2.11. The molecule has 0 N–H and O–H groups in total. The van der Waals surface area contributed by atoms with Gasteiger partial charge in [0.05, 0.1) is 12.2 Å². The highest BCUT2D eigenvalue weighted by Crippen LogP contribution is 2.25. The molecule has 1 radical (unpaired) electrons. The summed E-state index contributed by atoms with van der Waals surface area (Å²) in [5, 5.41) is 12.0. The number of nitrogens with zero attached hydrogens (tertiary/aromatic N) is 1. The SMILES string of the molecule is [O]N1CCc2ccccc21. The van der Waals surface area contributed by atoms with Crippen molar-refractivity contribution in [2.45, 2.75) is 6.42 Å². The summed E-state index contributed by atoms with van der Waals surface area (Å²) < 4.78 is 0. The summed E-state index contributed by atoms with van der Waals surface area (Å²) in [6.45, 7) is 0.624. The topological polar surface area (TPSA) is 23.1 Å². The summed E-state index contributed by atoms with van der Waals surface area (Å²) >= 11 is 0. The molecule has 2 rings (SSSR count). The predicted octanol–water partition coefficient (Wildman–Crippen LogP) is 1.39. The lowest BCUT2D eigenvalue weighted by Gasteiger charge is -2.03. The molecule has 0 saturated carbocycles. The molecule has 1 aliphatic rings. The van der Waals surface area contributed by atoms with E-state index in [0.29, 0.717) is 6.54 Å². The maximum absolute atomic E-state index is 11.0. The molecule has 1 aromatic rings. The van der Waals surface area contributed by atoms with Gasteiger partial charge in [-0.2, -0.15) is 0 Å². The van der Waals surface area contributed by atoms with Gasteiger partial charge in [0.1, 0.15) is 0 Å². The number of fused-ring (bicyclic) bond motifs is 1. The Bertz CT molecular complexity index is 247. The fourth-order valence-corrected chi connectivity index (χ4v) is 1.31. The van der Waals surface area contributed by atoms with Gasteiger partial charge in [0, 0.05) is 0 Å². The fraction of sp³-hybridized carbons (Fsp3) is 0.250. The van der Waals surface area contributed by atoms with Crippen molar-refractivity contribution < 1.29 is 5.21 Å². The zero-order valence-corrected chi connectivity index (χ0v) is 5.58. The van der Waals surface area contributed by atoms with E-state index < -0.39 is 0 Å². The number of hydrogen-bond donors (Lipinski definition) is 0. The summed E-state index contributed by atoms with van der Waals surface area (Å²) in [4.78, 5) is 0. The molecule has 2 heteroatoms. The lowest BCUT2D eigenvalue weighted by atomic mass is 10.2. The van der Waals surface area contributed by atoms with Gasteiger partial charge in [-0.1, -0.05) is 23.4 Å². The number of hydrogen-bond acceptors (Lipinski definition) is 1. The summed E-state index contributed by atoms with van der Waals surface area (Å²) in [7, 11) is 0. The Kier molecular flexibility index (Phi) is 1.14. The molecule has 0 aliphatic carbocycles. The highest BCUT2D eigenvalue weighted by atomic mass is 16.5. The Morgan fingerprint density at radius 1 is 1.30 bits per heavy atom. The van der Waals surface area contributed by atoms with E-state index in [1.165, 1.54) is 5.56 Å². The molecule has 0 bridgehead atoms. The monoisotopic (exact) mass is 134 g/mol. The summed E-state index contributed by atoms with van der Waals surface area (Å²) in [5.74, 6) is 0. The van der Waals surface area contributed by atoms with Crippen LogP contribution in [0, 0.1) is 0 Å². The van der Waals surface area contributed by atoms with Crippen LogP contribution in [0.5, 0.6) is 0 Å². The molecule has 1 aromatic carbocycles.